The van der Waals surface area contributed by atoms with Crippen molar-refractivity contribution in [1.82, 2.24) is 0 Å². The first kappa shape index (κ1) is 11.1. The zero-order valence-corrected chi connectivity index (χ0v) is 10.8. The quantitative estimate of drug-likeness (QED) is 0.528. The van der Waals surface area contributed by atoms with Gasteiger partial charge in [-0.05, 0) is 36.5 Å². The number of fused-ring (bicyclic) bond motifs is 2. The van der Waals surface area contributed by atoms with Gasteiger partial charge in [0.25, 0.3) is 0 Å². The maximum atomic E-state index is 1.61. The van der Waals surface area contributed by atoms with Crippen LogP contribution in [0.15, 0.2) is 0 Å². The van der Waals surface area contributed by atoms with E-state index in [1.54, 1.807) is 77.0 Å². The Morgan fingerprint density at radius 3 is 1.38 bits per heavy atom. The van der Waals surface area contributed by atoms with Crippen LogP contribution in [0.4, 0.5) is 0 Å². The van der Waals surface area contributed by atoms with Gasteiger partial charge in [-0.3, -0.25) is 0 Å². The summed E-state index contributed by atoms with van der Waals surface area (Å²) in [5.74, 6) is 4.50. The monoisotopic (exact) mass is 220 g/mol. The molecule has 3 saturated carbocycles. The fourth-order valence-electron chi connectivity index (χ4n) is 4.86. The summed E-state index contributed by atoms with van der Waals surface area (Å²) in [5.41, 5.74) is 0. The van der Waals surface area contributed by atoms with E-state index in [0.717, 1.165) is 23.7 Å². The van der Waals surface area contributed by atoms with E-state index in [0.29, 0.717) is 0 Å². The minimum Gasteiger partial charge on any atom is -0.0530 e. The molecule has 0 aromatic heterocycles. The topological polar surface area (TPSA) is 0 Å². The van der Waals surface area contributed by atoms with E-state index in [9.17, 15) is 0 Å². The van der Waals surface area contributed by atoms with Crippen LogP contribution in [-0.2, 0) is 0 Å². The molecule has 3 fully saturated rings. The Morgan fingerprint density at radius 2 is 0.875 bits per heavy atom. The molecule has 0 heteroatoms. The second kappa shape index (κ2) is 5.10. The molecule has 1 unspecified atom stereocenters. The van der Waals surface area contributed by atoms with Crippen LogP contribution in [-0.4, -0.2) is 0 Å². The molecule has 3 aliphatic carbocycles. The summed E-state index contributed by atoms with van der Waals surface area (Å²) in [4.78, 5) is 0. The summed E-state index contributed by atoms with van der Waals surface area (Å²) in [6, 6.07) is 0. The normalized spacial score (nSPS) is 45.0. The lowest BCUT2D eigenvalue weighted by Gasteiger charge is -2.40. The molecular formula is C16H28. The third-order valence-electron chi connectivity index (χ3n) is 5.80. The molecule has 0 amide bonds. The third-order valence-corrected chi connectivity index (χ3v) is 5.80. The van der Waals surface area contributed by atoms with Crippen molar-refractivity contribution in [3.05, 3.63) is 0 Å². The molecule has 0 spiro atoms. The van der Waals surface area contributed by atoms with Crippen LogP contribution in [0.2, 0.25) is 0 Å². The number of rotatable bonds is 0. The van der Waals surface area contributed by atoms with E-state index in [-0.39, 0.29) is 0 Å². The van der Waals surface area contributed by atoms with Crippen LogP contribution in [0, 0.1) is 23.7 Å². The van der Waals surface area contributed by atoms with Crippen LogP contribution in [0.1, 0.15) is 77.0 Å². The Balaban J connectivity index is 1.79. The van der Waals surface area contributed by atoms with Gasteiger partial charge < -0.3 is 0 Å². The molecule has 0 aromatic carbocycles. The van der Waals surface area contributed by atoms with Gasteiger partial charge in [0.2, 0.25) is 0 Å². The highest BCUT2D eigenvalue weighted by Gasteiger charge is 2.32. The molecule has 16 heavy (non-hydrogen) atoms. The van der Waals surface area contributed by atoms with E-state index >= 15 is 0 Å². The first-order valence-electron chi connectivity index (χ1n) is 7.92. The van der Waals surface area contributed by atoms with Crippen molar-refractivity contribution in [3.63, 3.8) is 0 Å². The average molecular weight is 220 g/mol. The van der Waals surface area contributed by atoms with Crippen molar-refractivity contribution < 1.29 is 0 Å². The first-order valence-corrected chi connectivity index (χ1v) is 7.92. The van der Waals surface area contributed by atoms with Crippen LogP contribution >= 0.6 is 0 Å². The predicted octanol–water partition coefficient (Wildman–Crippen LogP) is 5.17. The van der Waals surface area contributed by atoms with Crippen molar-refractivity contribution in [2.24, 2.45) is 23.7 Å². The molecule has 3 aliphatic rings. The van der Waals surface area contributed by atoms with Gasteiger partial charge in [0, 0.05) is 0 Å². The van der Waals surface area contributed by atoms with Crippen LogP contribution in [0.25, 0.3) is 0 Å². The second-order valence-corrected chi connectivity index (χ2v) is 6.87. The molecule has 0 aromatic rings. The van der Waals surface area contributed by atoms with Crippen LogP contribution in [0.5, 0.6) is 0 Å². The average Bonchev–Trinajstić information content (AvgIpc) is 2.26. The lowest BCUT2D eigenvalue weighted by molar-refractivity contribution is 0.117. The fraction of sp³-hybridized carbons (Fsp3) is 1.00. The van der Waals surface area contributed by atoms with Gasteiger partial charge in [0.05, 0.1) is 0 Å². The Bertz CT molecular complexity index is 196. The highest BCUT2D eigenvalue weighted by molar-refractivity contribution is 4.84. The van der Waals surface area contributed by atoms with Crippen LogP contribution in [0.3, 0.4) is 0 Å². The lowest BCUT2D eigenvalue weighted by atomic mass is 9.66. The van der Waals surface area contributed by atoms with E-state index in [2.05, 4.69) is 0 Å². The molecule has 0 saturated heterocycles. The summed E-state index contributed by atoms with van der Waals surface area (Å²) >= 11 is 0. The van der Waals surface area contributed by atoms with Crippen molar-refractivity contribution in [2.45, 2.75) is 77.0 Å². The smallest absolute Gasteiger partial charge is 0.0383 e. The molecule has 92 valence electrons. The molecule has 4 bridgehead atoms. The Morgan fingerprint density at radius 1 is 0.438 bits per heavy atom. The Hall–Kier alpha value is 0. The lowest BCUT2D eigenvalue weighted by Crippen LogP contribution is -2.28. The fourth-order valence-corrected chi connectivity index (χ4v) is 4.86. The maximum absolute atomic E-state index is 1.61. The van der Waals surface area contributed by atoms with E-state index in [1.165, 1.54) is 0 Å². The van der Waals surface area contributed by atoms with Gasteiger partial charge in [-0.25, -0.2) is 0 Å². The number of hydrogen-bond acceptors (Lipinski definition) is 0. The minimum absolute atomic E-state index is 1.12. The van der Waals surface area contributed by atoms with Crippen LogP contribution < -0.4 is 0 Å². The highest BCUT2D eigenvalue weighted by atomic mass is 14.4. The zero-order chi connectivity index (χ0) is 10.8. The van der Waals surface area contributed by atoms with E-state index in [1.807, 2.05) is 0 Å². The molecular weight excluding hydrogens is 192 g/mol. The summed E-state index contributed by atoms with van der Waals surface area (Å²) in [6.07, 6.45) is 18.8. The van der Waals surface area contributed by atoms with Gasteiger partial charge in [-0.15, -0.1) is 0 Å². The first-order chi connectivity index (χ1) is 7.92. The summed E-state index contributed by atoms with van der Waals surface area (Å²) in [6.45, 7) is 0. The zero-order valence-electron chi connectivity index (χ0n) is 10.8. The Labute approximate surface area is 101 Å². The van der Waals surface area contributed by atoms with Crippen molar-refractivity contribution in [2.75, 3.05) is 0 Å². The van der Waals surface area contributed by atoms with E-state index in [4.69, 9.17) is 0 Å². The summed E-state index contributed by atoms with van der Waals surface area (Å²) in [5, 5.41) is 0. The molecule has 0 heterocycles. The van der Waals surface area contributed by atoms with Gasteiger partial charge in [0.15, 0.2) is 0 Å². The maximum Gasteiger partial charge on any atom is -0.0383 e. The molecule has 4 atom stereocenters. The molecule has 0 radical (unpaired) electrons. The van der Waals surface area contributed by atoms with Gasteiger partial charge >= 0.3 is 0 Å². The molecule has 0 aliphatic heterocycles. The standard InChI is InChI=1S/C16H28/c1-3-7-15-12-14-6-2-4-8-16(15)11-13(5-1)9-10-14/h13-16H,1-12H2/t13-,14+,15-,16?/m1/s1. The summed E-state index contributed by atoms with van der Waals surface area (Å²) in [7, 11) is 0. The SMILES string of the molecule is C1CC[C@H]2CC[C@H]3CCCC[C@H](C2)C(C1)C3. The second-order valence-electron chi connectivity index (χ2n) is 6.87. The minimum atomic E-state index is 1.12. The predicted molar refractivity (Wildman–Crippen MR) is 69.4 cm³/mol. The van der Waals surface area contributed by atoms with Crippen molar-refractivity contribution >= 4 is 0 Å². The van der Waals surface area contributed by atoms with Gasteiger partial charge in [0.1, 0.15) is 0 Å². The van der Waals surface area contributed by atoms with Crippen molar-refractivity contribution in [3.8, 4) is 0 Å². The van der Waals surface area contributed by atoms with Gasteiger partial charge in [-0.1, -0.05) is 64.2 Å². The van der Waals surface area contributed by atoms with Gasteiger partial charge in [-0.2, -0.15) is 0 Å². The Kier molecular flexibility index (Phi) is 3.54. The molecule has 0 nitrogen and oxygen atoms in total. The largest absolute Gasteiger partial charge is 0.0530 e. The molecule has 0 N–H and O–H groups in total. The highest BCUT2D eigenvalue weighted by Crippen LogP contribution is 2.45. The van der Waals surface area contributed by atoms with Crippen molar-refractivity contribution in [1.29, 1.82) is 0 Å². The van der Waals surface area contributed by atoms with E-state index < -0.39 is 0 Å². The molecule has 3 rings (SSSR count). The number of hydrogen-bond donors (Lipinski definition) is 0. The summed E-state index contributed by atoms with van der Waals surface area (Å²) < 4.78 is 0. The third kappa shape index (κ3) is 2.46.